The minimum absolute atomic E-state index is 0.905. The molecule has 0 saturated carbocycles. The van der Waals surface area contributed by atoms with E-state index >= 15 is 0 Å². The van der Waals surface area contributed by atoms with Crippen LogP contribution in [0.5, 0.6) is 0 Å². The number of carboxylic acid groups (broad SMARTS) is 1. The second-order valence-electron chi connectivity index (χ2n) is 1.75. The Kier molecular flexibility index (Phi) is 3.73. The third kappa shape index (κ3) is 3.32. The molecule has 0 atom stereocenters. The van der Waals surface area contributed by atoms with Crippen LogP contribution in [0.4, 0.5) is 8.78 Å². The highest BCUT2D eigenvalue weighted by atomic mass is 35.5. The smallest absolute Gasteiger partial charge is 0.386 e. The van der Waals surface area contributed by atoms with Crippen molar-refractivity contribution in [2.45, 2.75) is 5.38 Å². The first-order chi connectivity index (χ1) is 5.80. The Balaban J connectivity index is 4.90. The minimum Gasteiger partial charge on any atom is -0.476 e. The number of hydrogen-bond donors (Lipinski definition) is 1. The number of oxime groups is 1. The van der Waals surface area contributed by atoms with Gasteiger partial charge in [-0.05, 0) is 11.6 Å². The topological polar surface area (TPSA) is 76.0 Å². The Morgan fingerprint density at radius 2 is 2.00 bits per heavy atom. The lowest BCUT2D eigenvalue weighted by Crippen LogP contribution is -2.35. The molecule has 0 spiro atoms. The number of rotatable bonds is 4. The van der Waals surface area contributed by atoms with E-state index in [0.29, 0.717) is 0 Å². The normalized spacial score (nSPS) is 12.5. The van der Waals surface area contributed by atoms with Crippen LogP contribution in [0.15, 0.2) is 5.16 Å². The van der Waals surface area contributed by atoms with Gasteiger partial charge in [-0.1, -0.05) is 5.16 Å². The molecule has 0 aromatic heterocycles. The lowest BCUT2D eigenvalue weighted by atomic mass is 10.2. The first kappa shape index (κ1) is 11.8. The minimum atomic E-state index is -4.30. The third-order valence-electron chi connectivity index (χ3n) is 0.858. The van der Waals surface area contributed by atoms with Crippen molar-refractivity contribution >= 4 is 29.1 Å². The summed E-state index contributed by atoms with van der Waals surface area (Å²) in [5, 5.41) is 6.51. The molecule has 0 aliphatic heterocycles. The summed E-state index contributed by atoms with van der Waals surface area (Å²) in [6, 6.07) is 0. The zero-order valence-electron chi connectivity index (χ0n) is 6.25. The second kappa shape index (κ2) is 4.13. The molecule has 0 fully saturated rings. The summed E-state index contributed by atoms with van der Waals surface area (Å²) in [5.41, 5.74) is -1.46. The van der Waals surface area contributed by atoms with Gasteiger partial charge in [0.25, 0.3) is 5.78 Å². The van der Waals surface area contributed by atoms with Crippen LogP contribution >= 0.6 is 11.6 Å². The van der Waals surface area contributed by atoms with Crippen molar-refractivity contribution in [1.29, 1.82) is 0 Å². The molecule has 0 heterocycles. The highest BCUT2D eigenvalue weighted by molar-refractivity contribution is 6.68. The fourth-order valence-electron chi connectivity index (χ4n) is 0.403. The largest absolute Gasteiger partial charge is 0.476 e. The van der Waals surface area contributed by atoms with Crippen LogP contribution in [0, 0.1) is 0 Å². The van der Waals surface area contributed by atoms with E-state index in [1.165, 1.54) is 0 Å². The van der Waals surface area contributed by atoms with Crippen molar-refractivity contribution < 1.29 is 28.3 Å². The van der Waals surface area contributed by atoms with E-state index in [9.17, 15) is 18.4 Å². The van der Waals surface area contributed by atoms with Crippen molar-refractivity contribution in [3.63, 3.8) is 0 Å². The molecule has 0 saturated heterocycles. The second-order valence-corrected chi connectivity index (χ2v) is 2.23. The first-order valence-corrected chi connectivity index (χ1v) is 3.14. The summed E-state index contributed by atoms with van der Waals surface area (Å²) in [6.45, 7) is 0. The highest BCUT2D eigenvalue weighted by Gasteiger charge is 2.42. The summed E-state index contributed by atoms with van der Waals surface area (Å²) in [6.07, 6.45) is 0. The molecule has 8 heteroatoms. The van der Waals surface area contributed by atoms with E-state index in [2.05, 4.69) is 21.6 Å². The Morgan fingerprint density at radius 1 is 1.54 bits per heavy atom. The molecular weight excluding hydrogens is 212 g/mol. The van der Waals surface area contributed by atoms with Gasteiger partial charge in [0.15, 0.2) is 0 Å². The summed E-state index contributed by atoms with van der Waals surface area (Å²) in [7, 11) is 0.905. The predicted octanol–water partition coefficient (Wildman–Crippen LogP) is 0.474. The van der Waals surface area contributed by atoms with Gasteiger partial charge in [-0.2, -0.15) is 8.78 Å². The van der Waals surface area contributed by atoms with Crippen LogP contribution in [0.3, 0.4) is 0 Å². The van der Waals surface area contributed by atoms with E-state index in [-0.39, 0.29) is 0 Å². The van der Waals surface area contributed by atoms with Crippen LogP contribution in [-0.2, 0) is 14.4 Å². The quantitative estimate of drug-likeness (QED) is 0.320. The summed E-state index contributed by atoms with van der Waals surface area (Å²) in [5.74, 6) is -4.06. The van der Waals surface area contributed by atoms with Crippen molar-refractivity contribution in [3.05, 3.63) is 0 Å². The highest BCUT2D eigenvalue weighted by Crippen LogP contribution is 2.20. The molecule has 74 valence electrons. The number of aliphatic carboxylic acids is 1. The Morgan fingerprint density at radius 3 is 2.23 bits per heavy atom. The van der Waals surface area contributed by atoms with E-state index < -0.39 is 22.8 Å². The molecule has 0 aliphatic rings. The molecular formula is C5H4ClF2NO4. The van der Waals surface area contributed by atoms with Gasteiger partial charge in [0.1, 0.15) is 7.11 Å². The van der Waals surface area contributed by atoms with Gasteiger partial charge >= 0.3 is 11.4 Å². The van der Waals surface area contributed by atoms with Gasteiger partial charge in [0.05, 0.1) is 0 Å². The molecule has 0 aromatic rings. The van der Waals surface area contributed by atoms with Crippen molar-refractivity contribution in [2.24, 2.45) is 5.16 Å². The fraction of sp³-hybridized carbons (Fsp3) is 0.400. The number of alkyl halides is 3. The van der Waals surface area contributed by atoms with Gasteiger partial charge in [0.2, 0.25) is 5.71 Å². The molecule has 0 unspecified atom stereocenters. The maximum absolute atomic E-state index is 12.1. The van der Waals surface area contributed by atoms with Crippen molar-refractivity contribution in [1.82, 2.24) is 0 Å². The number of carboxylic acids is 1. The molecule has 1 N–H and O–H groups in total. The van der Waals surface area contributed by atoms with E-state index in [1.807, 2.05) is 0 Å². The zero-order chi connectivity index (χ0) is 10.6. The Bertz CT molecular complexity index is 260. The van der Waals surface area contributed by atoms with E-state index in [4.69, 9.17) is 5.11 Å². The van der Waals surface area contributed by atoms with Gasteiger partial charge in [-0.25, -0.2) is 4.79 Å². The van der Waals surface area contributed by atoms with Crippen LogP contribution in [0.25, 0.3) is 0 Å². The fourth-order valence-corrected chi connectivity index (χ4v) is 0.493. The number of Topliss-reactive ketones (excluding diaryl/α,β-unsaturated/α-hetero) is 1. The maximum Gasteiger partial charge on any atom is 0.386 e. The van der Waals surface area contributed by atoms with Crippen molar-refractivity contribution in [2.75, 3.05) is 7.11 Å². The summed E-state index contributed by atoms with van der Waals surface area (Å²) >= 11 is 4.28. The Hall–Kier alpha value is -1.24. The molecule has 0 amide bonds. The van der Waals surface area contributed by atoms with Crippen LogP contribution in [-0.4, -0.2) is 35.1 Å². The molecule has 0 aromatic carbocycles. The number of ketones is 1. The molecule has 0 bridgehead atoms. The molecule has 0 aliphatic carbocycles. The lowest BCUT2D eigenvalue weighted by molar-refractivity contribution is -0.133. The van der Waals surface area contributed by atoms with Crippen molar-refractivity contribution in [3.8, 4) is 0 Å². The summed E-state index contributed by atoms with van der Waals surface area (Å²) in [4.78, 5) is 24.6. The van der Waals surface area contributed by atoms with Gasteiger partial charge in [-0.3, -0.25) is 4.79 Å². The third-order valence-corrected chi connectivity index (χ3v) is 1.03. The van der Waals surface area contributed by atoms with E-state index in [1.54, 1.807) is 0 Å². The summed E-state index contributed by atoms with van der Waals surface area (Å²) < 4.78 is 24.1. The van der Waals surface area contributed by atoms with Gasteiger partial charge < -0.3 is 9.94 Å². The number of hydrogen-bond acceptors (Lipinski definition) is 4. The van der Waals surface area contributed by atoms with Gasteiger partial charge in [0, 0.05) is 0 Å². The standard InChI is InChI=1S/C5H4ClF2NO4/c1-13-9-2(4(11)12)3(10)5(6,7)8/h1H3,(H,11,12). The van der Waals surface area contributed by atoms with Crippen LogP contribution in [0.2, 0.25) is 0 Å². The molecule has 5 nitrogen and oxygen atoms in total. The molecule has 13 heavy (non-hydrogen) atoms. The molecule has 0 radical (unpaired) electrons. The first-order valence-electron chi connectivity index (χ1n) is 2.76. The lowest BCUT2D eigenvalue weighted by Gasteiger charge is -2.04. The average molecular weight is 216 g/mol. The van der Waals surface area contributed by atoms with Gasteiger partial charge in [-0.15, -0.1) is 0 Å². The zero-order valence-corrected chi connectivity index (χ0v) is 7.01. The number of nitrogens with zero attached hydrogens (tertiary/aromatic N) is 1. The number of halogens is 3. The average Bonchev–Trinajstić information content (AvgIpc) is 1.96. The van der Waals surface area contributed by atoms with Crippen LogP contribution < -0.4 is 0 Å². The number of carbonyl (C=O) groups is 2. The van der Waals surface area contributed by atoms with E-state index in [0.717, 1.165) is 7.11 Å². The molecule has 0 rings (SSSR count). The monoisotopic (exact) mass is 215 g/mol. The Labute approximate surface area is 75.9 Å². The predicted molar refractivity (Wildman–Crippen MR) is 37.9 cm³/mol. The maximum atomic E-state index is 12.1. The van der Waals surface area contributed by atoms with Crippen LogP contribution in [0.1, 0.15) is 0 Å². The SMILES string of the molecule is CON=C(C(=O)O)C(=O)C(F)(F)Cl. The number of carbonyl (C=O) groups excluding carboxylic acids is 1.